The Bertz CT molecular complexity index is 522. The zero-order chi connectivity index (χ0) is 34.1. The maximum absolute atomic E-state index is 4.94. The maximum atomic E-state index is 4.94. The maximum Gasteiger partial charge on any atom is 4.00 e. The molecule has 0 amide bonds. The fraction of sp³-hybridized carbons (Fsp3) is 0.718. The van der Waals surface area contributed by atoms with E-state index in [-0.39, 0.29) is 76.8 Å². The number of hydrogen-bond acceptors (Lipinski definition) is 3. The van der Waals surface area contributed by atoms with Crippen LogP contribution in [0.15, 0.2) is 0 Å². The van der Waals surface area contributed by atoms with Gasteiger partial charge in [-0.05, 0) is 97.7 Å². The number of ether oxygens (including phenoxy) is 3. The molecule has 0 bridgehead atoms. The monoisotopic (exact) mass is 807 g/mol. The van der Waals surface area contributed by atoms with Crippen LogP contribution < -0.4 is 0 Å². The van der Waals surface area contributed by atoms with Crippen LogP contribution in [-0.2, 0) is 45.9 Å². The van der Waals surface area contributed by atoms with Crippen LogP contribution >= 0.6 is 0 Å². The summed E-state index contributed by atoms with van der Waals surface area (Å²) in [5, 5.41) is 0. The number of hydrogen-bond donors (Lipinski definition) is 0. The normalized spacial score (nSPS) is 22.0. The quantitative estimate of drug-likeness (QED) is 0.206. The summed E-state index contributed by atoms with van der Waals surface area (Å²) in [4.78, 5) is 0. The van der Waals surface area contributed by atoms with Crippen molar-refractivity contribution in [1.29, 1.82) is 0 Å². The fourth-order valence-electron chi connectivity index (χ4n) is 5.35. The van der Waals surface area contributed by atoms with Crippen LogP contribution in [0.3, 0.4) is 0 Å². The van der Waals surface area contributed by atoms with E-state index in [2.05, 4.69) is 109 Å². The minimum Gasteiger partial charge on any atom is -2.00 e. The predicted molar refractivity (Wildman–Crippen MR) is 212 cm³/mol. The van der Waals surface area contributed by atoms with Gasteiger partial charge in [-0.3, -0.25) is 0 Å². The van der Waals surface area contributed by atoms with E-state index in [9.17, 15) is 0 Å². The third-order valence-corrected chi connectivity index (χ3v) is 14.1. The third kappa shape index (κ3) is 27.0. The molecule has 5 nitrogen and oxygen atoms in total. The molecule has 2 aliphatic carbocycles. The van der Waals surface area contributed by atoms with Gasteiger partial charge in [-0.1, -0.05) is 125 Å². The molecule has 0 unspecified atom stereocenters. The van der Waals surface area contributed by atoms with Crippen molar-refractivity contribution in [3.05, 3.63) is 71.3 Å². The molecule has 0 N–H and O–H groups in total. The summed E-state index contributed by atoms with van der Waals surface area (Å²) in [6, 6.07) is 0. The summed E-state index contributed by atoms with van der Waals surface area (Å²) in [6.07, 6.45) is 7.67. The predicted octanol–water partition coefficient (Wildman–Crippen LogP) is 11.3. The number of nitrogens with zero attached hydrogens (tertiary/aromatic N) is 1. The van der Waals surface area contributed by atoms with E-state index in [1.807, 2.05) is 0 Å². The first-order chi connectivity index (χ1) is 20.3. The number of rotatable bonds is 2. The van der Waals surface area contributed by atoms with Gasteiger partial charge in [0.15, 0.2) is 0 Å². The van der Waals surface area contributed by atoms with Gasteiger partial charge >= 0.3 is 63.9 Å². The van der Waals surface area contributed by atoms with Gasteiger partial charge in [0.25, 0.3) is 0 Å². The van der Waals surface area contributed by atoms with Crippen molar-refractivity contribution in [1.82, 2.24) is 0 Å². The third-order valence-electron chi connectivity index (χ3n) is 8.78. The Labute approximate surface area is 354 Å². The molecular weight excluding hydrogens is 734 g/mol. The van der Waals surface area contributed by atoms with E-state index in [1.54, 1.807) is 0 Å². The fourth-order valence-corrected chi connectivity index (χ4v) is 13.4. The molecule has 3 heterocycles. The second kappa shape index (κ2) is 31.7. The van der Waals surface area contributed by atoms with E-state index in [1.165, 1.54) is 97.7 Å². The van der Waals surface area contributed by atoms with E-state index in [0.29, 0.717) is 0 Å². The van der Waals surface area contributed by atoms with Crippen molar-refractivity contribution in [3.8, 4) is 0 Å². The molecule has 5 aliphatic rings. The molecule has 0 aromatic rings. The van der Waals surface area contributed by atoms with Crippen LogP contribution in [0.2, 0.25) is 39.3 Å². The van der Waals surface area contributed by atoms with Crippen molar-refractivity contribution < 1.29 is 45.9 Å². The minimum atomic E-state index is -1.11. The molecule has 9 heteroatoms. The van der Waals surface area contributed by atoms with Gasteiger partial charge in [-0.15, -0.1) is 0 Å². The first-order valence-electron chi connectivity index (χ1n) is 17.2. The van der Waals surface area contributed by atoms with Crippen molar-refractivity contribution in [3.63, 3.8) is 0 Å². The van der Waals surface area contributed by atoms with Gasteiger partial charge in [0.2, 0.25) is 0 Å². The second-order valence-corrected chi connectivity index (χ2v) is 24.2. The molecule has 3 saturated heterocycles. The average molecular weight is 810 g/mol. The van der Waals surface area contributed by atoms with E-state index < -0.39 is 16.5 Å². The average Bonchev–Trinajstić information content (AvgIpc) is 3.79. The van der Waals surface area contributed by atoms with Gasteiger partial charge in [0.05, 0.1) is 0 Å². The summed E-state index contributed by atoms with van der Waals surface area (Å²) in [6.45, 7) is 41.8. The minimum absolute atomic E-state index is 0. The topological polar surface area (TPSA) is 70.3 Å². The van der Waals surface area contributed by atoms with Gasteiger partial charge < -0.3 is 31.8 Å². The molecule has 5 fully saturated rings. The Morgan fingerprint density at radius 2 is 0.500 bits per heavy atom. The Kier molecular flexibility index (Phi) is 39.4. The Hall–Kier alpha value is 2.38. The molecule has 48 heavy (non-hydrogen) atoms. The van der Waals surface area contributed by atoms with Gasteiger partial charge in [0.1, 0.15) is 0 Å². The molecule has 10 radical (unpaired) electrons. The zero-order valence-corrected chi connectivity index (χ0v) is 41.4. The Balaban J connectivity index is -0.000000155. The van der Waals surface area contributed by atoms with Crippen LogP contribution in [0.5, 0.6) is 0 Å². The second-order valence-electron chi connectivity index (χ2n) is 14.7. The molecule has 0 aromatic heterocycles. The Morgan fingerprint density at radius 3 is 0.542 bits per heavy atom. The summed E-state index contributed by atoms with van der Waals surface area (Å²) >= 11 is 0. The van der Waals surface area contributed by atoms with E-state index in [4.69, 9.17) is 18.9 Å². The summed E-state index contributed by atoms with van der Waals surface area (Å²) in [5.74, 6) is 14.7. The summed E-state index contributed by atoms with van der Waals surface area (Å²) in [5.41, 5.74) is 0. The molecule has 272 valence electrons. The first-order valence-corrected chi connectivity index (χ1v) is 24.1. The smallest absolute Gasteiger partial charge is 2.00 e. The SMILES string of the molecule is C1CCOC1.C1CCOC1.C1CCOC1.C[C]1[C](C)[C](C)[C](C)[C]1C.C[C]1[C](C)[C](C)[C](C)[C]1C.C[Si](C)(C)[N-][Si](C)(C)C.[CH3-].[Ca+2].[O-2].[Zr+4]. The van der Waals surface area contributed by atoms with Crippen LogP contribution in [0.1, 0.15) is 108 Å². The first kappa shape index (κ1) is 59.6. The van der Waals surface area contributed by atoms with Crippen LogP contribution in [0.25, 0.3) is 4.65 Å². The Morgan fingerprint density at radius 1 is 0.375 bits per heavy atom. The molecule has 0 atom stereocenters. The molecule has 0 aromatic carbocycles. The van der Waals surface area contributed by atoms with Crippen molar-refractivity contribution in [2.24, 2.45) is 0 Å². The van der Waals surface area contributed by atoms with Crippen molar-refractivity contribution in [2.45, 2.75) is 147 Å². The summed E-state index contributed by atoms with van der Waals surface area (Å²) in [7, 11) is -2.21. The molecule has 0 spiro atoms. The molecular formula is C39H75CaNO4Si2Zr+2. The largest absolute Gasteiger partial charge is 4.00 e. The van der Waals surface area contributed by atoms with Crippen molar-refractivity contribution >= 4 is 54.2 Å². The molecule has 5 rings (SSSR count). The van der Waals surface area contributed by atoms with Crippen LogP contribution in [0, 0.1) is 66.6 Å². The van der Waals surface area contributed by atoms with Gasteiger partial charge in [-0.25, -0.2) is 0 Å². The van der Waals surface area contributed by atoms with E-state index >= 15 is 0 Å². The van der Waals surface area contributed by atoms with E-state index in [0.717, 1.165) is 39.6 Å². The van der Waals surface area contributed by atoms with Gasteiger partial charge in [0, 0.05) is 39.6 Å². The van der Waals surface area contributed by atoms with Gasteiger partial charge in [-0.2, -0.15) is 0 Å². The van der Waals surface area contributed by atoms with Crippen LogP contribution in [-0.4, -0.2) is 93.9 Å². The van der Waals surface area contributed by atoms with Crippen LogP contribution in [0.4, 0.5) is 0 Å². The molecule has 2 saturated carbocycles. The zero-order valence-electron chi connectivity index (χ0n) is 34.8. The van der Waals surface area contributed by atoms with Crippen molar-refractivity contribution in [2.75, 3.05) is 39.6 Å². The summed E-state index contributed by atoms with van der Waals surface area (Å²) < 4.78 is 19.7. The standard InChI is InChI=1S/2C10H15.C6H18NSi2.3C4H8O.CH3.Ca.O.Zr/c2*1-6-7(2)9(4)10(5)8(6)3;1-8(2,3)7-9(4,5)6;3*1-2-4-5-3-1;;;;/h2*1-5H3;1-6H3;3*1-4H2;1H3;;;/q;;-1;;;;-1;+2;-2;+4. The molecule has 3 aliphatic heterocycles.